The average Bonchev–Trinajstić information content (AvgIpc) is 3.97. The van der Waals surface area contributed by atoms with E-state index in [4.69, 9.17) is 31.2 Å². The lowest BCUT2D eigenvalue weighted by atomic mass is 9.89. The van der Waals surface area contributed by atoms with Gasteiger partial charge >= 0.3 is 12.1 Å². The summed E-state index contributed by atoms with van der Waals surface area (Å²) in [7, 11) is 7.77. The zero-order valence-corrected chi connectivity index (χ0v) is 44.1. The Morgan fingerprint density at radius 3 is 1.93 bits per heavy atom. The first-order chi connectivity index (χ1) is 33.4. The molecule has 1 aliphatic heterocycles. The maximum Gasteiger partial charge on any atom is 0.410 e. The zero-order valence-electron chi connectivity index (χ0n) is 43.3. The number of amides is 4. The molecule has 2 N–H and O–H groups in total. The van der Waals surface area contributed by atoms with Gasteiger partial charge in [0.25, 0.3) is 0 Å². The van der Waals surface area contributed by atoms with Gasteiger partial charge in [-0.25, -0.2) is 9.59 Å². The number of likely N-dealkylation sites (tertiary alicyclic amines) is 1. The number of rotatable bonds is 23. The molecule has 1 heterocycles. The number of carbonyl (C=O) groups excluding carboxylic acids is 5. The number of benzene rings is 3. The molecule has 14 nitrogen and oxygen atoms in total. The second kappa shape index (κ2) is 25.7. The van der Waals surface area contributed by atoms with Crippen LogP contribution >= 0.6 is 12.2 Å². The molecular weight excluding hydrogens is 907 g/mol. The molecule has 0 aromatic heterocycles. The number of methoxy groups -OCH3 is 3. The summed E-state index contributed by atoms with van der Waals surface area (Å²) in [5.74, 6) is -2.64. The van der Waals surface area contributed by atoms with E-state index in [0.29, 0.717) is 30.8 Å². The van der Waals surface area contributed by atoms with E-state index in [1.54, 1.807) is 33.2 Å². The first kappa shape index (κ1) is 55.5. The van der Waals surface area contributed by atoms with Crippen LogP contribution in [0.25, 0.3) is 11.1 Å². The van der Waals surface area contributed by atoms with E-state index in [0.717, 1.165) is 34.2 Å². The third-order valence-electron chi connectivity index (χ3n) is 14.5. The number of fused-ring (bicyclic) bond motifs is 3. The Morgan fingerprint density at radius 1 is 0.786 bits per heavy atom. The minimum absolute atomic E-state index is 0.00626. The summed E-state index contributed by atoms with van der Waals surface area (Å²) < 4.78 is 23.3. The molecule has 0 saturated carbocycles. The molecule has 1 saturated heterocycles. The molecule has 15 heteroatoms. The highest BCUT2D eigenvalue weighted by Crippen LogP contribution is 2.44. The van der Waals surface area contributed by atoms with Gasteiger partial charge in [-0.3, -0.25) is 19.3 Å². The Bertz CT molecular complexity index is 2210. The fourth-order valence-corrected chi connectivity index (χ4v) is 10.8. The highest BCUT2D eigenvalue weighted by Gasteiger charge is 2.43. The van der Waals surface area contributed by atoms with Crippen LogP contribution in [0, 0.1) is 23.7 Å². The minimum Gasteiger partial charge on any atom is -0.467 e. The predicted molar refractivity (Wildman–Crippen MR) is 276 cm³/mol. The van der Waals surface area contributed by atoms with E-state index >= 15 is 0 Å². The molecule has 0 spiro atoms. The molecule has 382 valence electrons. The van der Waals surface area contributed by atoms with Crippen LogP contribution in [-0.2, 0) is 44.5 Å². The smallest absolute Gasteiger partial charge is 0.410 e. The summed E-state index contributed by atoms with van der Waals surface area (Å²) in [6.45, 7) is 14.1. The summed E-state index contributed by atoms with van der Waals surface area (Å²) in [5, 5.41) is 6.25. The standard InChI is InChI=1S/C55H77N5O9S/c1-13-35(6)49(45(66-10)31-46(61)60-29-21-28-44(60)50(67-11)36(7)52(70)56-43(54(64)68-12)30-37-22-15-14-16-23-37)58(8)53(63)47(33(2)3)57-51(62)48(34(4)5)59(9)55(65)69-32-42-40-26-19-17-24-38(40)39-25-18-20-27-41(39)42/h14-20,22-27,33-36,42-45,47-50H,13,21,28-32H2,1-12H3,(H,56,70)(H,57,62)/t35-,36+,43-,44-,45+,47-,48-,49-,50+/m0/s1. The number of likely N-dealkylation sites (N-methyl/N-ethyl adjacent to an activating group) is 2. The molecule has 70 heavy (non-hydrogen) atoms. The Morgan fingerprint density at radius 2 is 1.39 bits per heavy atom. The largest absolute Gasteiger partial charge is 0.467 e. The normalized spacial score (nSPS) is 17.8. The highest BCUT2D eigenvalue weighted by atomic mass is 32.1. The van der Waals surface area contributed by atoms with Crippen LogP contribution < -0.4 is 10.6 Å². The van der Waals surface area contributed by atoms with Crippen LogP contribution in [0.4, 0.5) is 4.79 Å². The summed E-state index contributed by atoms with van der Waals surface area (Å²) >= 11 is 5.89. The number of nitrogens with zero attached hydrogens (tertiary/aromatic N) is 3. The van der Waals surface area contributed by atoms with Gasteiger partial charge in [0.1, 0.15) is 24.7 Å². The Kier molecular flexibility index (Phi) is 20.4. The molecule has 2 aliphatic rings. The Balaban J connectivity index is 1.26. The van der Waals surface area contributed by atoms with E-state index < -0.39 is 54.3 Å². The predicted octanol–water partition coefficient (Wildman–Crippen LogP) is 7.65. The van der Waals surface area contributed by atoms with Crippen molar-refractivity contribution in [3.8, 4) is 11.1 Å². The molecule has 0 radical (unpaired) electrons. The monoisotopic (exact) mass is 984 g/mol. The molecule has 3 aromatic rings. The number of hydrogen-bond donors (Lipinski definition) is 2. The summed E-state index contributed by atoms with van der Waals surface area (Å²) in [6, 6.07) is 22.4. The van der Waals surface area contributed by atoms with Crippen molar-refractivity contribution in [2.75, 3.05) is 48.6 Å². The number of ether oxygens (including phenoxy) is 4. The first-order valence-corrected chi connectivity index (χ1v) is 25.2. The van der Waals surface area contributed by atoms with Crippen molar-refractivity contribution in [3.05, 3.63) is 95.6 Å². The molecule has 3 aromatic carbocycles. The molecule has 0 unspecified atom stereocenters. The zero-order chi connectivity index (χ0) is 51.4. The van der Waals surface area contributed by atoms with Crippen molar-refractivity contribution in [2.45, 2.75) is 129 Å². The van der Waals surface area contributed by atoms with Gasteiger partial charge in [-0.05, 0) is 58.4 Å². The van der Waals surface area contributed by atoms with Crippen molar-refractivity contribution in [1.82, 2.24) is 25.3 Å². The van der Waals surface area contributed by atoms with Gasteiger partial charge in [-0.1, -0.05) is 146 Å². The quantitative estimate of drug-likeness (QED) is 0.0711. The van der Waals surface area contributed by atoms with Gasteiger partial charge in [-0.15, -0.1) is 0 Å². The lowest BCUT2D eigenvalue weighted by Gasteiger charge is -2.41. The lowest BCUT2D eigenvalue weighted by Crippen LogP contribution is -2.60. The minimum atomic E-state index is -0.953. The SMILES string of the molecule is CC[C@H](C)[C@@H]([C@@H](CC(=O)N1CCC[C@H]1[C@H](OC)[C@@H](C)C(=S)N[C@@H](Cc1ccccc1)C(=O)OC)OC)N(C)C(=O)[C@@H](NC(=O)[C@H](C(C)C)N(C)C(=O)OCC1c2ccccc2-c2ccccc21)C(C)C. The number of thiocarbonyl (C=S) groups is 1. The first-order valence-electron chi connectivity index (χ1n) is 24.8. The van der Waals surface area contributed by atoms with E-state index in [2.05, 4.69) is 34.9 Å². The van der Waals surface area contributed by atoms with E-state index in [1.165, 1.54) is 12.0 Å². The van der Waals surface area contributed by atoms with Crippen molar-refractivity contribution in [3.63, 3.8) is 0 Å². The van der Waals surface area contributed by atoms with Gasteiger partial charge in [-0.2, -0.15) is 0 Å². The van der Waals surface area contributed by atoms with E-state index in [9.17, 15) is 24.0 Å². The number of esters is 1. The maximum absolute atomic E-state index is 14.7. The fourth-order valence-electron chi connectivity index (χ4n) is 10.5. The Labute approximate surface area is 421 Å². The second-order valence-electron chi connectivity index (χ2n) is 19.7. The molecular formula is C55H77N5O9S. The van der Waals surface area contributed by atoms with Crippen LogP contribution in [0.2, 0.25) is 0 Å². The van der Waals surface area contributed by atoms with Crippen LogP contribution in [0.1, 0.15) is 96.8 Å². The summed E-state index contributed by atoms with van der Waals surface area (Å²) in [6.07, 6.45) is 0.700. The Hall–Kier alpha value is -5.38. The molecule has 0 bridgehead atoms. The van der Waals surface area contributed by atoms with Crippen LogP contribution in [0.3, 0.4) is 0 Å². The van der Waals surface area contributed by atoms with Gasteiger partial charge < -0.3 is 39.4 Å². The average molecular weight is 984 g/mol. The fraction of sp³-hybridized carbons (Fsp3) is 0.564. The maximum atomic E-state index is 14.7. The second-order valence-corrected chi connectivity index (χ2v) is 20.1. The van der Waals surface area contributed by atoms with Crippen LogP contribution in [0.15, 0.2) is 78.9 Å². The van der Waals surface area contributed by atoms with E-state index in [1.807, 2.05) is 108 Å². The molecule has 5 rings (SSSR count). The lowest BCUT2D eigenvalue weighted by molar-refractivity contribution is -0.147. The number of nitrogens with one attached hydrogen (secondary N) is 2. The topological polar surface area (TPSA) is 156 Å². The van der Waals surface area contributed by atoms with Crippen LogP contribution in [-0.4, -0.2) is 140 Å². The van der Waals surface area contributed by atoms with E-state index in [-0.39, 0.29) is 60.5 Å². The van der Waals surface area contributed by atoms with Crippen molar-refractivity contribution < 1.29 is 42.9 Å². The third kappa shape index (κ3) is 12.9. The third-order valence-corrected chi connectivity index (χ3v) is 15.0. The van der Waals surface area contributed by atoms with Gasteiger partial charge in [0, 0.05) is 53.1 Å². The van der Waals surface area contributed by atoms with Gasteiger partial charge in [0.2, 0.25) is 17.7 Å². The number of hydrogen-bond acceptors (Lipinski definition) is 10. The summed E-state index contributed by atoms with van der Waals surface area (Å²) in [4.78, 5) is 75.4. The van der Waals surface area contributed by atoms with Gasteiger partial charge in [0.15, 0.2) is 0 Å². The van der Waals surface area contributed by atoms with Gasteiger partial charge in [0.05, 0.1) is 42.8 Å². The van der Waals surface area contributed by atoms with Crippen molar-refractivity contribution in [1.29, 1.82) is 0 Å². The highest BCUT2D eigenvalue weighted by molar-refractivity contribution is 7.80. The summed E-state index contributed by atoms with van der Waals surface area (Å²) in [5.41, 5.74) is 5.35. The molecule has 1 aliphatic carbocycles. The molecule has 4 amide bonds. The van der Waals surface area contributed by atoms with Crippen molar-refractivity contribution >= 4 is 47.0 Å². The molecule has 1 fully saturated rings. The number of carbonyl (C=O) groups is 5. The van der Waals surface area contributed by atoms with Crippen LogP contribution in [0.5, 0.6) is 0 Å². The van der Waals surface area contributed by atoms with Crippen molar-refractivity contribution in [2.24, 2.45) is 23.7 Å². The molecule has 9 atom stereocenters.